The molecule has 1 aliphatic rings. The molecule has 6 heteroatoms. The summed E-state index contributed by atoms with van der Waals surface area (Å²) in [6.45, 7) is 0.180. The van der Waals surface area contributed by atoms with Crippen molar-refractivity contribution in [3.8, 4) is 0 Å². The summed E-state index contributed by atoms with van der Waals surface area (Å²) in [5.74, 6) is -0.837. The Labute approximate surface area is 97.6 Å². The fraction of sp³-hybridized carbons (Fsp3) is 0.455. The highest BCUT2D eigenvalue weighted by atomic mass is 19.1. The molecule has 1 aromatic rings. The standard InChI is InChI=1S/C11H13FN2O3/c12-9-2-1-3-10(11(9)14(16)17)13(6-7-15)8-4-5-8/h1-3,8,15H,4-7H2. The van der Waals surface area contributed by atoms with E-state index in [9.17, 15) is 14.5 Å². The van der Waals surface area contributed by atoms with Crippen LogP contribution in [-0.2, 0) is 0 Å². The van der Waals surface area contributed by atoms with E-state index < -0.39 is 16.4 Å². The Morgan fingerprint density at radius 1 is 1.53 bits per heavy atom. The first-order valence-electron chi connectivity index (χ1n) is 5.45. The van der Waals surface area contributed by atoms with E-state index in [1.54, 1.807) is 4.90 Å². The van der Waals surface area contributed by atoms with Gasteiger partial charge in [-0.25, -0.2) is 0 Å². The maximum Gasteiger partial charge on any atom is 0.327 e. The minimum absolute atomic E-state index is 0.107. The Morgan fingerprint density at radius 3 is 2.76 bits per heavy atom. The minimum atomic E-state index is -0.837. The van der Waals surface area contributed by atoms with E-state index in [1.165, 1.54) is 12.1 Å². The van der Waals surface area contributed by atoms with Gasteiger partial charge in [0.25, 0.3) is 0 Å². The first-order valence-corrected chi connectivity index (χ1v) is 5.45. The van der Waals surface area contributed by atoms with Gasteiger partial charge in [0.15, 0.2) is 0 Å². The molecule has 0 aromatic heterocycles. The zero-order chi connectivity index (χ0) is 12.4. The maximum absolute atomic E-state index is 13.5. The van der Waals surface area contributed by atoms with Crippen molar-refractivity contribution >= 4 is 11.4 Å². The first kappa shape index (κ1) is 11.8. The van der Waals surface area contributed by atoms with Gasteiger partial charge in [0.1, 0.15) is 5.69 Å². The fourth-order valence-corrected chi connectivity index (χ4v) is 1.91. The Morgan fingerprint density at radius 2 is 2.24 bits per heavy atom. The van der Waals surface area contributed by atoms with Gasteiger partial charge in [-0.15, -0.1) is 0 Å². The summed E-state index contributed by atoms with van der Waals surface area (Å²) in [6.07, 6.45) is 1.85. The Kier molecular flexibility index (Phi) is 3.23. The molecule has 0 spiro atoms. The normalized spacial score (nSPS) is 14.7. The summed E-state index contributed by atoms with van der Waals surface area (Å²) in [6, 6.07) is 4.23. The van der Waals surface area contributed by atoms with Gasteiger partial charge in [0.2, 0.25) is 5.82 Å². The topological polar surface area (TPSA) is 66.6 Å². The van der Waals surface area contributed by atoms with Crippen LogP contribution in [-0.4, -0.2) is 29.2 Å². The number of anilines is 1. The molecular formula is C11H13FN2O3. The van der Waals surface area contributed by atoms with Crippen molar-refractivity contribution in [3.63, 3.8) is 0 Å². The number of nitro groups is 1. The van der Waals surface area contributed by atoms with Gasteiger partial charge in [0, 0.05) is 12.6 Å². The van der Waals surface area contributed by atoms with Crippen LogP contribution in [0.15, 0.2) is 18.2 Å². The van der Waals surface area contributed by atoms with Crippen LogP contribution in [0.1, 0.15) is 12.8 Å². The van der Waals surface area contributed by atoms with E-state index in [-0.39, 0.29) is 24.9 Å². The largest absolute Gasteiger partial charge is 0.395 e. The number of benzene rings is 1. The van der Waals surface area contributed by atoms with Crippen molar-refractivity contribution < 1.29 is 14.4 Å². The van der Waals surface area contributed by atoms with Crippen LogP contribution in [0.25, 0.3) is 0 Å². The van der Waals surface area contributed by atoms with Gasteiger partial charge in [-0.3, -0.25) is 10.1 Å². The molecule has 1 aromatic carbocycles. The molecule has 0 heterocycles. The summed E-state index contributed by atoms with van der Waals surface area (Å²) in [5, 5.41) is 19.8. The van der Waals surface area contributed by atoms with Crippen LogP contribution in [0.3, 0.4) is 0 Å². The van der Waals surface area contributed by atoms with E-state index in [1.807, 2.05) is 0 Å². The Hall–Kier alpha value is -1.69. The van der Waals surface area contributed by atoms with Gasteiger partial charge < -0.3 is 10.0 Å². The number of nitrogens with zero attached hydrogens (tertiary/aromatic N) is 2. The molecular weight excluding hydrogens is 227 g/mol. The Balaban J connectivity index is 2.41. The molecule has 5 nitrogen and oxygen atoms in total. The highest BCUT2D eigenvalue weighted by Crippen LogP contribution is 2.37. The lowest BCUT2D eigenvalue weighted by Crippen LogP contribution is -2.29. The van der Waals surface area contributed by atoms with Crippen LogP contribution in [0.2, 0.25) is 0 Å². The molecule has 0 atom stereocenters. The summed E-state index contributed by atoms with van der Waals surface area (Å²) < 4.78 is 13.5. The molecule has 17 heavy (non-hydrogen) atoms. The van der Waals surface area contributed by atoms with E-state index in [2.05, 4.69) is 0 Å². The number of rotatable bonds is 5. The molecule has 0 bridgehead atoms. The molecule has 1 saturated carbocycles. The Bertz CT molecular complexity index is 435. The van der Waals surface area contributed by atoms with Crippen LogP contribution < -0.4 is 4.90 Å². The van der Waals surface area contributed by atoms with Crippen LogP contribution in [0.4, 0.5) is 15.8 Å². The van der Waals surface area contributed by atoms with Crippen LogP contribution in [0, 0.1) is 15.9 Å². The second-order valence-corrected chi connectivity index (χ2v) is 4.01. The summed E-state index contributed by atoms with van der Waals surface area (Å²) in [5.41, 5.74) is -0.251. The summed E-state index contributed by atoms with van der Waals surface area (Å²) in [4.78, 5) is 11.9. The molecule has 1 fully saturated rings. The number of aliphatic hydroxyl groups excluding tert-OH is 1. The lowest BCUT2D eigenvalue weighted by Gasteiger charge is -2.23. The molecule has 0 unspecified atom stereocenters. The quantitative estimate of drug-likeness (QED) is 0.628. The zero-order valence-electron chi connectivity index (χ0n) is 9.17. The molecule has 92 valence electrons. The smallest absolute Gasteiger partial charge is 0.327 e. The average Bonchev–Trinajstić information content (AvgIpc) is 3.08. The molecule has 2 rings (SSSR count). The van der Waals surface area contributed by atoms with E-state index in [0.29, 0.717) is 0 Å². The number of para-hydroxylation sites is 1. The third-order valence-corrected chi connectivity index (χ3v) is 2.79. The van der Waals surface area contributed by atoms with Crippen LogP contribution in [0.5, 0.6) is 0 Å². The van der Waals surface area contributed by atoms with Crippen molar-refractivity contribution in [1.29, 1.82) is 0 Å². The summed E-state index contributed by atoms with van der Waals surface area (Å²) in [7, 11) is 0. The second kappa shape index (κ2) is 4.67. The summed E-state index contributed by atoms with van der Waals surface area (Å²) >= 11 is 0. The van der Waals surface area contributed by atoms with Gasteiger partial charge in [-0.2, -0.15) is 4.39 Å². The van der Waals surface area contributed by atoms with E-state index in [4.69, 9.17) is 5.11 Å². The monoisotopic (exact) mass is 240 g/mol. The molecule has 0 aliphatic heterocycles. The highest BCUT2D eigenvalue weighted by Gasteiger charge is 2.33. The second-order valence-electron chi connectivity index (χ2n) is 4.01. The van der Waals surface area contributed by atoms with Crippen LogP contribution >= 0.6 is 0 Å². The fourth-order valence-electron chi connectivity index (χ4n) is 1.91. The van der Waals surface area contributed by atoms with Gasteiger partial charge in [-0.1, -0.05) is 6.07 Å². The number of aliphatic hydroxyl groups is 1. The molecule has 1 N–H and O–H groups in total. The highest BCUT2D eigenvalue weighted by molar-refractivity contribution is 5.65. The lowest BCUT2D eigenvalue weighted by molar-refractivity contribution is -0.386. The van der Waals surface area contributed by atoms with Gasteiger partial charge in [-0.05, 0) is 25.0 Å². The van der Waals surface area contributed by atoms with Crippen molar-refractivity contribution in [2.75, 3.05) is 18.1 Å². The average molecular weight is 240 g/mol. The predicted molar refractivity (Wildman–Crippen MR) is 60.5 cm³/mol. The predicted octanol–water partition coefficient (Wildman–Crippen LogP) is 1.69. The first-order chi connectivity index (χ1) is 8.15. The van der Waals surface area contributed by atoms with Gasteiger partial charge >= 0.3 is 5.69 Å². The van der Waals surface area contributed by atoms with Crippen molar-refractivity contribution in [2.24, 2.45) is 0 Å². The lowest BCUT2D eigenvalue weighted by atomic mass is 10.2. The molecule has 1 aliphatic carbocycles. The van der Waals surface area contributed by atoms with Crippen molar-refractivity contribution in [1.82, 2.24) is 0 Å². The van der Waals surface area contributed by atoms with Crippen molar-refractivity contribution in [3.05, 3.63) is 34.1 Å². The number of nitro benzene ring substituents is 1. The third kappa shape index (κ3) is 2.36. The maximum atomic E-state index is 13.5. The van der Waals surface area contributed by atoms with Crippen molar-refractivity contribution in [2.45, 2.75) is 18.9 Å². The number of halogens is 1. The number of hydrogen-bond donors (Lipinski definition) is 1. The number of hydrogen-bond acceptors (Lipinski definition) is 4. The minimum Gasteiger partial charge on any atom is -0.395 e. The van der Waals surface area contributed by atoms with E-state index >= 15 is 0 Å². The SMILES string of the molecule is O=[N+]([O-])c1c(F)cccc1N(CCO)C1CC1. The van der Waals surface area contributed by atoms with E-state index in [0.717, 1.165) is 18.9 Å². The zero-order valence-corrected chi connectivity index (χ0v) is 9.17. The molecule has 0 amide bonds. The molecule has 0 radical (unpaired) electrons. The third-order valence-electron chi connectivity index (χ3n) is 2.79. The molecule has 0 saturated heterocycles. The van der Waals surface area contributed by atoms with Gasteiger partial charge in [0.05, 0.1) is 11.5 Å².